The summed E-state index contributed by atoms with van der Waals surface area (Å²) in [5.41, 5.74) is -0.0872. The van der Waals surface area contributed by atoms with Gasteiger partial charge in [-0.25, -0.2) is 26.5 Å². The van der Waals surface area contributed by atoms with Crippen LogP contribution in [0.25, 0.3) is 0 Å². The third kappa shape index (κ3) is 3.48. The minimum absolute atomic E-state index is 0.0245. The van der Waals surface area contributed by atoms with Crippen molar-refractivity contribution in [3.8, 4) is 0 Å². The molecule has 29 heavy (non-hydrogen) atoms. The number of nitrogens with one attached hydrogen (secondary N) is 1. The van der Waals surface area contributed by atoms with E-state index in [1.165, 1.54) is 15.5 Å². The van der Waals surface area contributed by atoms with Gasteiger partial charge in [-0.2, -0.15) is 4.98 Å². The highest BCUT2D eigenvalue weighted by Crippen LogP contribution is 2.57. The quantitative estimate of drug-likeness (QED) is 0.740. The molecule has 2 fully saturated rings. The van der Waals surface area contributed by atoms with Crippen molar-refractivity contribution in [1.82, 2.24) is 14.3 Å². The molecule has 1 aliphatic carbocycles. The minimum Gasteiger partial charge on any atom is -0.351 e. The summed E-state index contributed by atoms with van der Waals surface area (Å²) in [5.74, 6) is 0.263. The number of hydrogen-bond acceptors (Lipinski definition) is 6. The van der Waals surface area contributed by atoms with Crippen molar-refractivity contribution in [2.24, 2.45) is 0 Å². The van der Waals surface area contributed by atoms with E-state index in [1.807, 2.05) is 0 Å². The van der Waals surface area contributed by atoms with Crippen LogP contribution in [0, 0.1) is 0 Å². The molecule has 1 atom stereocenters. The summed E-state index contributed by atoms with van der Waals surface area (Å²) < 4.78 is 51.9. The molecule has 1 saturated heterocycles. The molecule has 1 aromatic heterocycles. The maximum absolute atomic E-state index is 13.6. The first kappa shape index (κ1) is 20.4. The summed E-state index contributed by atoms with van der Waals surface area (Å²) in [5, 5.41) is 3.18. The summed E-state index contributed by atoms with van der Waals surface area (Å²) in [6.45, 7) is 2.44. The van der Waals surface area contributed by atoms with Gasteiger partial charge in [-0.3, -0.25) is 9.69 Å². The number of aromatic nitrogens is 2. The first-order valence-electron chi connectivity index (χ1n) is 9.88. The number of hydrogen-bond donors (Lipinski definition) is 1. The van der Waals surface area contributed by atoms with Crippen LogP contribution < -0.4 is 10.2 Å². The summed E-state index contributed by atoms with van der Waals surface area (Å²) in [4.78, 5) is 22.9. The lowest BCUT2D eigenvalue weighted by Gasteiger charge is -2.31. The molecule has 1 saturated carbocycles. The van der Waals surface area contributed by atoms with Crippen LogP contribution in [-0.2, 0) is 20.2 Å². The molecule has 3 aliphatic rings. The van der Waals surface area contributed by atoms with E-state index >= 15 is 0 Å². The third-order valence-electron chi connectivity index (χ3n) is 6.19. The summed E-state index contributed by atoms with van der Waals surface area (Å²) in [7, 11) is -3.21. The van der Waals surface area contributed by atoms with Gasteiger partial charge >= 0.3 is 0 Å². The fourth-order valence-electron chi connectivity index (χ4n) is 4.31. The number of alkyl halides is 2. The number of halogens is 2. The van der Waals surface area contributed by atoms with Gasteiger partial charge in [0, 0.05) is 30.9 Å². The Balaban J connectivity index is 1.55. The molecular formula is C18H25F2N5O3S. The Morgan fingerprint density at radius 3 is 2.48 bits per heavy atom. The highest BCUT2D eigenvalue weighted by molar-refractivity contribution is 7.88. The Kier molecular flexibility index (Phi) is 5.01. The van der Waals surface area contributed by atoms with Crippen LogP contribution in [-0.4, -0.2) is 66.5 Å². The van der Waals surface area contributed by atoms with Gasteiger partial charge in [0.1, 0.15) is 5.82 Å². The normalized spacial score (nSPS) is 22.9. The van der Waals surface area contributed by atoms with Crippen molar-refractivity contribution in [2.75, 3.05) is 29.6 Å². The second-order valence-corrected chi connectivity index (χ2v) is 10.1. The molecule has 2 aliphatic heterocycles. The smallest absolute Gasteiger partial charge is 0.259 e. The second-order valence-electron chi connectivity index (χ2n) is 8.08. The number of rotatable bonds is 6. The number of carbonyl (C=O) groups excluding carboxylic acids is 1. The van der Waals surface area contributed by atoms with Crippen molar-refractivity contribution in [1.29, 1.82) is 0 Å². The molecule has 4 rings (SSSR count). The molecule has 1 aromatic rings. The highest BCUT2D eigenvalue weighted by atomic mass is 32.2. The molecule has 160 valence electrons. The molecule has 1 spiro atoms. The van der Waals surface area contributed by atoms with E-state index in [1.54, 1.807) is 13.1 Å². The van der Waals surface area contributed by atoms with E-state index in [0.29, 0.717) is 44.3 Å². The molecule has 8 nitrogen and oxygen atoms in total. The van der Waals surface area contributed by atoms with Crippen LogP contribution in [0.2, 0.25) is 0 Å². The van der Waals surface area contributed by atoms with Gasteiger partial charge in [0.15, 0.2) is 0 Å². The first-order chi connectivity index (χ1) is 13.7. The van der Waals surface area contributed by atoms with E-state index in [-0.39, 0.29) is 30.1 Å². The van der Waals surface area contributed by atoms with Crippen LogP contribution in [0.4, 0.5) is 20.5 Å². The zero-order valence-corrected chi connectivity index (χ0v) is 17.3. The van der Waals surface area contributed by atoms with Crippen LogP contribution in [0.3, 0.4) is 0 Å². The molecule has 1 N–H and O–H groups in total. The Hall–Kier alpha value is -1.88. The number of carbonyl (C=O) groups is 1. The van der Waals surface area contributed by atoms with Gasteiger partial charge in [-0.15, -0.1) is 0 Å². The number of nitrogens with zero attached hydrogens (tertiary/aromatic N) is 4. The lowest BCUT2D eigenvalue weighted by atomic mass is 10.0. The molecule has 3 heterocycles. The minimum atomic E-state index is -3.21. The van der Waals surface area contributed by atoms with Crippen LogP contribution in [0.5, 0.6) is 0 Å². The van der Waals surface area contributed by atoms with Gasteiger partial charge in [-0.1, -0.05) is 6.92 Å². The molecule has 0 unspecified atom stereocenters. The number of amides is 1. The Morgan fingerprint density at radius 1 is 1.31 bits per heavy atom. The lowest BCUT2D eigenvalue weighted by Crippen LogP contribution is -2.44. The zero-order chi connectivity index (χ0) is 21.0. The third-order valence-corrected chi connectivity index (χ3v) is 7.49. The van der Waals surface area contributed by atoms with Crippen molar-refractivity contribution in [3.05, 3.63) is 11.8 Å². The predicted molar refractivity (Wildman–Crippen MR) is 104 cm³/mol. The predicted octanol–water partition coefficient (Wildman–Crippen LogP) is 1.73. The van der Waals surface area contributed by atoms with Gasteiger partial charge in [0.2, 0.25) is 21.9 Å². The molecule has 0 aromatic carbocycles. The van der Waals surface area contributed by atoms with E-state index in [4.69, 9.17) is 0 Å². The van der Waals surface area contributed by atoms with Gasteiger partial charge in [0.25, 0.3) is 6.43 Å². The Morgan fingerprint density at radius 2 is 1.97 bits per heavy atom. The average Bonchev–Trinajstić information content (AvgIpc) is 3.42. The van der Waals surface area contributed by atoms with E-state index in [9.17, 15) is 22.0 Å². The molecule has 11 heteroatoms. The molecule has 0 bridgehead atoms. The first-order valence-corrected chi connectivity index (χ1v) is 11.7. The maximum atomic E-state index is 13.6. The fourth-order valence-corrected chi connectivity index (χ4v) is 5.18. The van der Waals surface area contributed by atoms with Crippen LogP contribution in [0.15, 0.2) is 6.20 Å². The average molecular weight is 429 g/mol. The van der Waals surface area contributed by atoms with Crippen molar-refractivity contribution < 1.29 is 22.0 Å². The Labute approximate surface area is 168 Å². The number of piperidine rings is 1. The number of fused-ring (bicyclic) bond motifs is 2. The van der Waals surface area contributed by atoms with Crippen molar-refractivity contribution in [2.45, 2.75) is 63.0 Å². The highest BCUT2D eigenvalue weighted by Gasteiger charge is 2.62. The monoisotopic (exact) mass is 429 g/mol. The van der Waals surface area contributed by atoms with Crippen molar-refractivity contribution in [3.63, 3.8) is 0 Å². The van der Waals surface area contributed by atoms with E-state index in [2.05, 4.69) is 15.3 Å². The summed E-state index contributed by atoms with van der Waals surface area (Å²) in [6.07, 6.45) is 2.71. The van der Waals surface area contributed by atoms with E-state index < -0.39 is 27.9 Å². The van der Waals surface area contributed by atoms with Crippen LogP contribution in [0.1, 0.15) is 44.6 Å². The van der Waals surface area contributed by atoms with Crippen molar-refractivity contribution >= 4 is 27.7 Å². The van der Waals surface area contributed by atoms with Gasteiger partial charge < -0.3 is 5.32 Å². The summed E-state index contributed by atoms with van der Waals surface area (Å²) in [6, 6.07) is -1.23. The molecule has 1 amide bonds. The topological polar surface area (TPSA) is 95.5 Å². The SMILES string of the molecule is CC[C@@H](C(F)F)N1C(=O)C2(CC2)c2cnc(NC3CCN(S(C)(=O)=O)CC3)nc21. The lowest BCUT2D eigenvalue weighted by molar-refractivity contribution is -0.121. The second kappa shape index (κ2) is 7.12. The van der Waals surface area contributed by atoms with Gasteiger partial charge in [0.05, 0.1) is 17.7 Å². The molecule has 0 radical (unpaired) electrons. The maximum Gasteiger partial charge on any atom is 0.259 e. The van der Waals surface area contributed by atoms with Crippen LogP contribution >= 0.6 is 0 Å². The number of anilines is 2. The van der Waals surface area contributed by atoms with Gasteiger partial charge in [-0.05, 0) is 32.1 Å². The fraction of sp³-hybridized carbons (Fsp3) is 0.722. The number of sulfonamides is 1. The zero-order valence-electron chi connectivity index (χ0n) is 16.4. The molecular weight excluding hydrogens is 404 g/mol. The standard InChI is InChI=1S/C18H25F2N5O3S/c1-3-13(14(19)20)25-15-12(18(6-7-18)16(25)26)10-21-17(23-15)22-11-4-8-24(9-5-11)29(2,27)28/h10-11,13-14H,3-9H2,1-2H3,(H,21,22,23)/t13-/m0/s1. The van der Waals surface area contributed by atoms with E-state index in [0.717, 1.165) is 0 Å². The Bertz CT molecular complexity index is 914. The largest absolute Gasteiger partial charge is 0.351 e. The summed E-state index contributed by atoms with van der Waals surface area (Å²) >= 11 is 0.